The van der Waals surface area contributed by atoms with Crippen LogP contribution >= 0.6 is 0 Å². The van der Waals surface area contributed by atoms with Crippen LogP contribution in [0.1, 0.15) is 64.7 Å². The van der Waals surface area contributed by atoms with E-state index in [1.54, 1.807) is 0 Å². The molecular weight excluding hydrogens is 290 g/mol. The van der Waals surface area contributed by atoms with Crippen LogP contribution < -0.4 is 0 Å². The number of hydrogen-bond donors (Lipinski definition) is 1. The SMILES string of the molecule is CC(C)(C)c1cc(C2=NO[C@H]([C@@H]3CO3)C2)cc(C(C)(C)C)c1O. The van der Waals surface area contributed by atoms with Gasteiger partial charge in [-0.1, -0.05) is 46.7 Å². The van der Waals surface area contributed by atoms with Gasteiger partial charge in [-0.05, 0) is 23.0 Å². The molecule has 2 atom stereocenters. The van der Waals surface area contributed by atoms with Gasteiger partial charge in [0.1, 0.15) is 11.9 Å². The number of hydrogen-bond acceptors (Lipinski definition) is 4. The molecule has 0 amide bonds. The standard InChI is InChI=1S/C19H27NO3/c1-18(2,3)12-7-11(8-13(17(12)21)19(4,5)6)14-9-15(23-20-14)16-10-22-16/h7-8,15-16,21H,9-10H2,1-6H3/t15-,16-/m0/s1. The van der Waals surface area contributed by atoms with Crippen LogP contribution in [0.2, 0.25) is 0 Å². The van der Waals surface area contributed by atoms with Crippen molar-refractivity contribution in [3.63, 3.8) is 0 Å². The quantitative estimate of drug-likeness (QED) is 0.842. The monoisotopic (exact) mass is 317 g/mol. The molecule has 4 heteroatoms. The number of phenols is 1. The molecule has 1 saturated heterocycles. The first-order chi connectivity index (χ1) is 10.6. The fraction of sp³-hybridized carbons (Fsp3) is 0.632. The maximum Gasteiger partial charge on any atom is 0.161 e. The lowest BCUT2D eigenvalue weighted by molar-refractivity contribution is 0.0627. The van der Waals surface area contributed by atoms with Crippen LogP contribution in [0.4, 0.5) is 0 Å². The molecule has 0 saturated carbocycles. The zero-order chi connectivity index (χ0) is 17.0. The van der Waals surface area contributed by atoms with Gasteiger partial charge in [0.05, 0.1) is 12.3 Å². The summed E-state index contributed by atoms with van der Waals surface area (Å²) < 4.78 is 5.31. The van der Waals surface area contributed by atoms with Crippen LogP contribution in [0, 0.1) is 0 Å². The lowest BCUT2D eigenvalue weighted by Crippen LogP contribution is -2.19. The van der Waals surface area contributed by atoms with E-state index in [-0.39, 0.29) is 23.0 Å². The molecule has 1 fully saturated rings. The van der Waals surface area contributed by atoms with Gasteiger partial charge in [0, 0.05) is 23.1 Å². The highest BCUT2D eigenvalue weighted by Gasteiger charge is 2.39. The second kappa shape index (κ2) is 5.23. The highest BCUT2D eigenvalue weighted by atomic mass is 16.7. The molecule has 2 aliphatic heterocycles. The molecule has 0 unspecified atom stereocenters. The van der Waals surface area contributed by atoms with Crippen molar-refractivity contribution in [3.05, 3.63) is 28.8 Å². The first-order valence-electron chi connectivity index (χ1n) is 8.30. The zero-order valence-electron chi connectivity index (χ0n) is 14.9. The van der Waals surface area contributed by atoms with Gasteiger partial charge in [-0.2, -0.15) is 0 Å². The molecule has 0 aromatic heterocycles. The fourth-order valence-electron chi connectivity index (χ4n) is 2.98. The number of phenolic OH excluding ortho intramolecular Hbond substituents is 1. The number of aromatic hydroxyl groups is 1. The molecule has 23 heavy (non-hydrogen) atoms. The number of oxime groups is 1. The Morgan fingerprint density at radius 3 is 1.96 bits per heavy atom. The summed E-state index contributed by atoms with van der Waals surface area (Å²) >= 11 is 0. The van der Waals surface area contributed by atoms with Crippen molar-refractivity contribution in [1.29, 1.82) is 0 Å². The molecule has 2 aliphatic rings. The van der Waals surface area contributed by atoms with Crippen molar-refractivity contribution < 1.29 is 14.7 Å². The van der Waals surface area contributed by atoms with Crippen molar-refractivity contribution in [2.75, 3.05) is 6.61 Å². The van der Waals surface area contributed by atoms with E-state index in [4.69, 9.17) is 9.57 Å². The number of benzene rings is 1. The molecular formula is C19H27NO3. The van der Waals surface area contributed by atoms with Gasteiger partial charge in [-0.25, -0.2) is 0 Å². The number of rotatable bonds is 2. The molecule has 126 valence electrons. The van der Waals surface area contributed by atoms with E-state index < -0.39 is 0 Å². The summed E-state index contributed by atoms with van der Waals surface area (Å²) in [5, 5.41) is 15.1. The van der Waals surface area contributed by atoms with Gasteiger partial charge in [0.15, 0.2) is 6.10 Å². The summed E-state index contributed by atoms with van der Waals surface area (Å²) in [6.45, 7) is 13.5. The molecule has 0 spiro atoms. The summed E-state index contributed by atoms with van der Waals surface area (Å²) in [5.74, 6) is 0.398. The highest BCUT2D eigenvalue weighted by molar-refractivity contribution is 6.02. The van der Waals surface area contributed by atoms with Gasteiger partial charge in [-0.15, -0.1) is 0 Å². The van der Waals surface area contributed by atoms with E-state index in [9.17, 15) is 5.11 Å². The molecule has 2 heterocycles. The molecule has 1 aromatic rings. The average Bonchev–Trinajstić information content (AvgIpc) is 3.14. The lowest BCUT2D eigenvalue weighted by atomic mass is 9.78. The van der Waals surface area contributed by atoms with Crippen LogP contribution in [0.25, 0.3) is 0 Å². The van der Waals surface area contributed by atoms with Crippen LogP contribution in [-0.2, 0) is 20.4 Å². The first kappa shape index (κ1) is 16.3. The van der Waals surface area contributed by atoms with Crippen LogP contribution in [0.3, 0.4) is 0 Å². The van der Waals surface area contributed by atoms with Crippen molar-refractivity contribution >= 4 is 5.71 Å². The molecule has 0 bridgehead atoms. The summed E-state index contributed by atoms with van der Waals surface area (Å²) in [6.07, 6.45) is 0.996. The van der Waals surface area contributed by atoms with Crippen LogP contribution in [0.15, 0.2) is 17.3 Å². The van der Waals surface area contributed by atoms with Gasteiger partial charge >= 0.3 is 0 Å². The predicted octanol–water partition coefficient (Wildman–Crippen LogP) is 3.88. The third-order valence-corrected chi connectivity index (χ3v) is 4.53. The minimum Gasteiger partial charge on any atom is -0.507 e. The van der Waals surface area contributed by atoms with Crippen LogP contribution in [-0.4, -0.2) is 29.6 Å². The third kappa shape index (κ3) is 3.23. The zero-order valence-corrected chi connectivity index (χ0v) is 14.9. The highest BCUT2D eigenvalue weighted by Crippen LogP contribution is 2.40. The van der Waals surface area contributed by atoms with E-state index in [0.29, 0.717) is 5.75 Å². The van der Waals surface area contributed by atoms with Gasteiger partial charge < -0.3 is 14.7 Å². The largest absolute Gasteiger partial charge is 0.507 e. The molecule has 4 nitrogen and oxygen atoms in total. The lowest BCUT2D eigenvalue weighted by Gasteiger charge is -2.28. The Morgan fingerprint density at radius 1 is 1.00 bits per heavy atom. The Kier molecular flexibility index (Phi) is 3.71. The minimum atomic E-state index is -0.140. The average molecular weight is 317 g/mol. The minimum absolute atomic E-state index is 0.0370. The Bertz CT molecular complexity index is 611. The topological polar surface area (TPSA) is 54.3 Å². The Labute approximate surface area is 138 Å². The maximum atomic E-state index is 10.8. The predicted molar refractivity (Wildman–Crippen MR) is 91.3 cm³/mol. The van der Waals surface area contributed by atoms with Gasteiger partial charge in [-0.3, -0.25) is 0 Å². The van der Waals surface area contributed by atoms with E-state index in [2.05, 4.69) is 58.8 Å². The maximum absolute atomic E-state index is 10.8. The van der Waals surface area contributed by atoms with E-state index >= 15 is 0 Å². The summed E-state index contributed by atoms with van der Waals surface area (Å²) in [4.78, 5) is 5.53. The van der Waals surface area contributed by atoms with Crippen molar-refractivity contribution in [3.8, 4) is 5.75 Å². The molecule has 1 aromatic carbocycles. The van der Waals surface area contributed by atoms with Gasteiger partial charge in [0.25, 0.3) is 0 Å². The van der Waals surface area contributed by atoms with Gasteiger partial charge in [0.2, 0.25) is 0 Å². The van der Waals surface area contributed by atoms with Crippen molar-refractivity contribution in [2.45, 2.75) is 71.0 Å². The molecule has 1 N–H and O–H groups in total. The summed E-state index contributed by atoms with van der Waals surface area (Å²) in [7, 11) is 0. The van der Waals surface area contributed by atoms with Crippen molar-refractivity contribution in [2.24, 2.45) is 5.16 Å². The molecule has 3 rings (SSSR count). The summed E-state index contributed by atoms with van der Waals surface area (Å²) in [5.41, 5.74) is 3.61. The summed E-state index contributed by atoms with van der Waals surface area (Å²) in [6, 6.07) is 4.12. The van der Waals surface area contributed by atoms with E-state index in [1.165, 1.54) is 0 Å². The number of epoxide rings is 1. The number of ether oxygens (including phenoxy) is 1. The Balaban J connectivity index is 2.03. The van der Waals surface area contributed by atoms with Crippen molar-refractivity contribution in [1.82, 2.24) is 0 Å². The normalized spacial score (nSPS) is 24.3. The Morgan fingerprint density at radius 2 is 1.52 bits per heavy atom. The van der Waals surface area contributed by atoms with E-state index in [0.717, 1.165) is 35.4 Å². The second-order valence-electron chi connectivity index (χ2n) is 8.68. The molecule has 0 aliphatic carbocycles. The molecule has 0 radical (unpaired) electrons. The van der Waals surface area contributed by atoms with E-state index in [1.807, 2.05) is 0 Å². The Hall–Kier alpha value is -1.55. The number of nitrogens with zero attached hydrogens (tertiary/aromatic N) is 1. The second-order valence-corrected chi connectivity index (χ2v) is 8.68. The first-order valence-corrected chi connectivity index (χ1v) is 8.30. The smallest absolute Gasteiger partial charge is 0.161 e. The van der Waals surface area contributed by atoms with Crippen LogP contribution in [0.5, 0.6) is 5.75 Å². The fourth-order valence-corrected chi connectivity index (χ4v) is 2.98. The third-order valence-electron chi connectivity index (χ3n) is 4.53.